The predicted octanol–water partition coefficient (Wildman–Crippen LogP) is 3.03. The Morgan fingerprint density at radius 3 is 2.39 bits per heavy atom. The van der Waals surface area contributed by atoms with Crippen LogP contribution >= 0.6 is 11.6 Å². The second-order valence-electron chi connectivity index (χ2n) is 4.96. The van der Waals surface area contributed by atoms with Gasteiger partial charge in [0.15, 0.2) is 0 Å². The van der Waals surface area contributed by atoms with Crippen molar-refractivity contribution in [3.63, 3.8) is 0 Å². The van der Waals surface area contributed by atoms with Crippen LogP contribution in [0.25, 0.3) is 6.08 Å². The average molecular weight is 329 g/mol. The van der Waals surface area contributed by atoms with E-state index in [0.29, 0.717) is 17.0 Å². The normalized spacial score (nSPS) is 12.0. The predicted molar refractivity (Wildman–Crippen MR) is 92.0 cm³/mol. The summed E-state index contributed by atoms with van der Waals surface area (Å²) in [5.74, 6) is -1.02. The Balaban J connectivity index is 2.02. The Kier molecular flexibility index (Phi) is 5.94. The molecular weight excluding hydrogens is 312 g/mol. The highest BCUT2D eigenvalue weighted by molar-refractivity contribution is 6.33. The van der Waals surface area contributed by atoms with E-state index in [1.807, 2.05) is 36.4 Å². The zero-order valence-corrected chi connectivity index (χ0v) is 13.2. The number of carbonyl (C=O) groups is 2. The Morgan fingerprint density at radius 2 is 1.74 bits per heavy atom. The lowest BCUT2D eigenvalue weighted by Crippen LogP contribution is -2.44. The van der Waals surface area contributed by atoms with Crippen molar-refractivity contribution in [1.82, 2.24) is 5.32 Å². The van der Waals surface area contributed by atoms with Crippen LogP contribution in [0.1, 0.15) is 22.3 Å². The second-order valence-corrected chi connectivity index (χ2v) is 5.36. The molecule has 5 heteroatoms. The van der Waals surface area contributed by atoms with Crippen LogP contribution < -0.4 is 11.1 Å². The standard InChI is InChI=1S/C18H17ClN2O2/c19-15-11-5-4-10-14(15)18(23)21-16(17(20)22)12-6-9-13-7-2-1-3-8-13/h1-11,16H,12H2,(H2,20,22)(H,21,23)/b9-6+/t16-/m0/s1. The Labute approximate surface area is 140 Å². The highest BCUT2D eigenvalue weighted by Crippen LogP contribution is 2.15. The van der Waals surface area contributed by atoms with Crippen LogP contribution in [0, 0.1) is 0 Å². The minimum atomic E-state index is -0.793. The maximum absolute atomic E-state index is 12.2. The second kappa shape index (κ2) is 8.15. The van der Waals surface area contributed by atoms with Gasteiger partial charge in [-0.1, -0.05) is 66.2 Å². The highest BCUT2D eigenvalue weighted by Gasteiger charge is 2.18. The summed E-state index contributed by atoms with van der Waals surface area (Å²) in [4.78, 5) is 23.7. The summed E-state index contributed by atoms with van der Waals surface area (Å²) < 4.78 is 0. The SMILES string of the molecule is NC(=O)[C@H](C/C=C/c1ccccc1)NC(=O)c1ccccc1Cl. The first-order valence-corrected chi connectivity index (χ1v) is 7.52. The lowest BCUT2D eigenvalue weighted by molar-refractivity contribution is -0.119. The molecule has 2 aromatic rings. The van der Waals surface area contributed by atoms with Gasteiger partial charge in [0.1, 0.15) is 6.04 Å². The molecule has 0 heterocycles. The molecule has 0 aliphatic heterocycles. The lowest BCUT2D eigenvalue weighted by Gasteiger charge is -2.14. The van der Waals surface area contributed by atoms with E-state index < -0.39 is 17.9 Å². The van der Waals surface area contributed by atoms with Crippen LogP contribution in [-0.2, 0) is 4.79 Å². The monoisotopic (exact) mass is 328 g/mol. The Hall–Kier alpha value is -2.59. The highest BCUT2D eigenvalue weighted by atomic mass is 35.5. The van der Waals surface area contributed by atoms with Gasteiger partial charge >= 0.3 is 0 Å². The quantitative estimate of drug-likeness (QED) is 0.855. The molecule has 0 aliphatic rings. The van der Waals surface area contributed by atoms with Gasteiger partial charge in [-0.15, -0.1) is 0 Å². The fourth-order valence-corrected chi connectivity index (χ4v) is 2.25. The molecule has 0 fully saturated rings. The summed E-state index contributed by atoms with van der Waals surface area (Å²) >= 11 is 5.98. The first-order valence-electron chi connectivity index (χ1n) is 7.14. The molecule has 0 saturated carbocycles. The van der Waals surface area contributed by atoms with Crippen LogP contribution in [0.5, 0.6) is 0 Å². The van der Waals surface area contributed by atoms with Gasteiger partial charge in [0.2, 0.25) is 5.91 Å². The Morgan fingerprint density at radius 1 is 1.09 bits per heavy atom. The van der Waals surface area contributed by atoms with Crippen LogP contribution in [0.3, 0.4) is 0 Å². The van der Waals surface area contributed by atoms with E-state index in [4.69, 9.17) is 17.3 Å². The molecule has 23 heavy (non-hydrogen) atoms. The van der Waals surface area contributed by atoms with Gasteiger partial charge in [0, 0.05) is 0 Å². The number of amides is 2. The molecule has 0 bridgehead atoms. The van der Waals surface area contributed by atoms with Crippen LogP contribution in [0.4, 0.5) is 0 Å². The number of hydrogen-bond acceptors (Lipinski definition) is 2. The largest absolute Gasteiger partial charge is 0.368 e. The van der Waals surface area contributed by atoms with Gasteiger partial charge in [0.05, 0.1) is 10.6 Å². The smallest absolute Gasteiger partial charge is 0.253 e. The zero-order chi connectivity index (χ0) is 16.7. The molecule has 0 spiro atoms. The number of hydrogen-bond donors (Lipinski definition) is 2. The third-order valence-electron chi connectivity index (χ3n) is 3.25. The summed E-state index contributed by atoms with van der Waals surface area (Å²) in [7, 11) is 0. The fraction of sp³-hybridized carbons (Fsp3) is 0.111. The minimum Gasteiger partial charge on any atom is -0.368 e. The van der Waals surface area contributed by atoms with Crippen molar-refractivity contribution in [2.45, 2.75) is 12.5 Å². The fourth-order valence-electron chi connectivity index (χ4n) is 2.03. The Bertz CT molecular complexity index is 714. The van der Waals surface area contributed by atoms with Crippen molar-refractivity contribution < 1.29 is 9.59 Å². The molecular formula is C18H17ClN2O2. The maximum atomic E-state index is 12.2. The number of benzene rings is 2. The van der Waals surface area contributed by atoms with Crippen LogP contribution in [0.15, 0.2) is 60.7 Å². The zero-order valence-electron chi connectivity index (χ0n) is 12.4. The van der Waals surface area contributed by atoms with E-state index in [2.05, 4.69) is 5.32 Å². The van der Waals surface area contributed by atoms with Crippen LogP contribution in [0.2, 0.25) is 5.02 Å². The number of halogens is 1. The molecule has 0 aliphatic carbocycles. The van der Waals surface area contributed by atoms with E-state index in [1.54, 1.807) is 30.3 Å². The van der Waals surface area contributed by atoms with Crippen molar-refractivity contribution in [3.8, 4) is 0 Å². The van der Waals surface area contributed by atoms with E-state index >= 15 is 0 Å². The number of primary amides is 1. The third-order valence-corrected chi connectivity index (χ3v) is 3.58. The van der Waals surface area contributed by atoms with Gasteiger partial charge in [-0.2, -0.15) is 0 Å². The van der Waals surface area contributed by atoms with E-state index in [9.17, 15) is 9.59 Å². The molecule has 0 radical (unpaired) electrons. The lowest BCUT2D eigenvalue weighted by atomic mass is 10.1. The molecule has 2 aromatic carbocycles. The van der Waals surface area contributed by atoms with Crippen molar-refractivity contribution in [2.24, 2.45) is 5.73 Å². The van der Waals surface area contributed by atoms with Gasteiger partial charge in [0.25, 0.3) is 5.91 Å². The van der Waals surface area contributed by atoms with Crippen molar-refractivity contribution >= 4 is 29.5 Å². The minimum absolute atomic E-state index is 0.306. The molecule has 0 unspecified atom stereocenters. The number of rotatable bonds is 6. The van der Waals surface area contributed by atoms with Gasteiger partial charge in [-0.3, -0.25) is 9.59 Å². The van der Waals surface area contributed by atoms with E-state index in [0.717, 1.165) is 5.56 Å². The molecule has 0 saturated heterocycles. The number of nitrogens with two attached hydrogens (primary N) is 1. The first-order chi connectivity index (χ1) is 11.1. The number of nitrogens with one attached hydrogen (secondary N) is 1. The summed E-state index contributed by atoms with van der Waals surface area (Å²) in [6.07, 6.45) is 3.98. The first kappa shape index (κ1) is 16.8. The van der Waals surface area contributed by atoms with Crippen molar-refractivity contribution in [1.29, 1.82) is 0 Å². The van der Waals surface area contributed by atoms with E-state index in [1.165, 1.54) is 0 Å². The summed E-state index contributed by atoms with van der Waals surface area (Å²) in [6, 6.07) is 15.5. The summed E-state index contributed by atoms with van der Waals surface area (Å²) in [5, 5.41) is 2.94. The summed E-state index contributed by atoms with van der Waals surface area (Å²) in [5.41, 5.74) is 6.68. The maximum Gasteiger partial charge on any atom is 0.253 e. The average Bonchev–Trinajstić information content (AvgIpc) is 2.55. The summed E-state index contributed by atoms with van der Waals surface area (Å²) in [6.45, 7) is 0. The van der Waals surface area contributed by atoms with Crippen LogP contribution in [-0.4, -0.2) is 17.9 Å². The van der Waals surface area contributed by atoms with Crippen molar-refractivity contribution in [2.75, 3.05) is 0 Å². The van der Waals surface area contributed by atoms with Gasteiger partial charge in [-0.05, 0) is 24.1 Å². The molecule has 0 aromatic heterocycles. The molecule has 1 atom stereocenters. The molecule has 2 rings (SSSR count). The third kappa shape index (κ3) is 4.97. The molecule has 2 amide bonds. The van der Waals surface area contributed by atoms with Crippen molar-refractivity contribution in [3.05, 3.63) is 76.8 Å². The number of carbonyl (C=O) groups excluding carboxylic acids is 2. The van der Waals surface area contributed by atoms with Gasteiger partial charge < -0.3 is 11.1 Å². The van der Waals surface area contributed by atoms with E-state index in [-0.39, 0.29) is 0 Å². The topological polar surface area (TPSA) is 72.2 Å². The molecule has 3 N–H and O–H groups in total. The van der Waals surface area contributed by atoms with Gasteiger partial charge in [-0.25, -0.2) is 0 Å². The molecule has 118 valence electrons. The molecule has 4 nitrogen and oxygen atoms in total.